The third-order valence-electron chi connectivity index (χ3n) is 3.60. The summed E-state index contributed by atoms with van der Waals surface area (Å²) >= 11 is 0. The number of hydrogen-bond acceptors (Lipinski definition) is 1. The van der Waals surface area contributed by atoms with Crippen molar-refractivity contribution in [2.75, 3.05) is 0 Å². The quantitative estimate of drug-likeness (QED) is 0.320. The second-order valence-electron chi connectivity index (χ2n) is 5.60. The van der Waals surface area contributed by atoms with Crippen molar-refractivity contribution in [3.05, 3.63) is 0 Å². The van der Waals surface area contributed by atoms with Crippen LogP contribution in [0.25, 0.3) is 0 Å². The van der Waals surface area contributed by atoms with Gasteiger partial charge < -0.3 is 5.11 Å². The van der Waals surface area contributed by atoms with Gasteiger partial charge in [0.15, 0.2) is 0 Å². The molecule has 0 rings (SSSR count). The summed E-state index contributed by atoms with van der Waals surface area (Å²) in [6, 6.07) is 0. The molecule has 0 radical (unpaired) electrons. The molecule has 0 saturated carbocycles. The molecular weight excluding hydrogens is 239 g/mol. The molecule has 0 aliphatic heterocycles. The molecule has 0 saturated heterocycles. The Hall–Kier alpha value is 0.390. The average molecular weight is 274 g/mol. The average Bonchev–Trinajstić information content (AvgIpc) is 2.34. The normalized spacial score (nSPS) is 12.8. The molecule has 0 spiro atoms. The standard InChI is InChI=1S/C16H35OP/c1-2-3-4-5-6-7-8-9-10-11-12-13-14-15-16(17)18/h16-17H,2-15,18H2,1H3. The molecule has 0 amide bonds. The second kappa shape index (κ2) is 15.4. The Labute approximate surface area is 117 Å². The third-order valence-corrected chi connectivity index (χ3v) is 3.94. The lowest BCUT2D eigenvalue weighted by Crippen LogP contribution is -1.93. The Bertz CT molecular complexity index is 148. The first kappa shape index (κ1) is 18.4. The number of aliphatic hydroxyl groups excluding tert-OH is 1. The molecule has 18 heavy (non-hydrogen) atoms. The van der Waals surface area contributed by atoms with Gasteiger partial charge in [-0.1, -0.05) is 90.4 Å². The highest BCUT2D eigenvalue weighted by atomic mass is 31.0. The molecule has 0 aliphatic rings. The third kappa shape index (κ3) is 16.4. The lowest BCUT2D eigenvalue weighted by atomic mass is 10.0. The van der Waals surface area contributed by atoms with Crippen molar-refractivity contribution in [3.8, 4) is 0 Å². The summed E-state index contributed by atoms with van der Waals surface area (Å²) in [5.74, 6) is -0.183. The maximum absolute atomic E-state index is 9.09. The van der Waals surface area contributed by atoms with Gasteiger partial charge in [-0.15, -0.1) is 9.24 Å². The number of unbranched alkanes of at least 4 members (excludes halogenated alkanes) is 12. The van der Waals surface area contributed by atoms with E-state index in [2.05, 4.69) is 16.2 Å². The largest absolute Gasteiger partial charge is 0.389 e. The molecule has 0 aliphatic carbocycles. The Morgan fingerprint density at radius 2 is 1.00 bits per heavy atom. The van der Waals surface area contributed by atoms with Crippen LogP contribution < -0.4 is 0 Å². The Balaban J connectivity index is 2.90. The molecule has 0 heterocycles. The van der Waals surface area contributed by atoms with Crippen LogP contribution in [-0.2, 0) is 0 Å². The Morgan fingerprint density at radius 1 is 0.667 bits per heavy atom. The van der Waals surface area contributed by atoms with Crippen molar-refractivity contribution in [1.29, 1.82) is 0 Å². The van der Waals surface area contributed by atoms with E-state index in [1.165, 1.54) is 83.5 Å². The van der Waals surface area contributed by atoms with Crippen LogP contribution in [0.15, 0.2) is 0 Å². The van der Waals surface area contributed by atoms with Crippen LogP contribution in [0.3, 0.4) is 0 Å². The minimum absolute atomic E-state index is 0.183. The van der Waals surface area contributed by atoms with E-state index in [9.17, 15) is 0 Å². The zero-order valence-electron chi connectivity index (χ0n) is 12.5. The van der Waals surface area contributed by atoms with Gasteiger partial charge in [-0.2, -0.15) is 0 Å². The molecule has 1 nitrogen and oxygen atoms in total. The van der Waals surface area contributed by atoms with Crippen molar-refractivity contribution >= 4 is 9.24 Å². The van der Waals surface area contributed by atoms with Gasteiger partial charge in [0.05, 0.1) is 5.85 Å². The number of rotatable bonds is 14. The van der Waals surface area contributed by atoms with E-state index in [1.54, 1.807) is 0 Å². The first-order valence-electron chi connectivity index (χ1n) is 8.21. The summed E-state index contributed by atoms with van der Waals surface area (Å²) < 4.78 is 0. The van der Waals surface area contributed by atoms with Gasteiger partial charge in [0, 0.05) is 0 Å². The van der Waals surface area contributed by atoms with Gasteiger partial charge in [-0.3, -0.25) is 0 Å². The molecule has 0 aromatic carbocycles. The molecule has 0 bridgehead atoms. The highest BCUT2D eigenvalue weighted by Crippen LogP contribution is 2.14. The van der Waals surface area contributed by atoms with Crippen LogP contribution in [-0.4, -0.2) is 11.0 Å². The first-order valence-corrected chi connectivity index (χ1v) is 8.87. The summed E-state index contributed by atoms with van der Waals surface area (Å²) in [7, 11) is 2.46. The van der Waals surface area contributed by atoms with Crippen LogP contribution in [0.1, 0.15) is 96.8 Å². The fraction of sp³-hybridized carbons (Fsp3) is 1.00. The molecule has 0 fully saturated rings. The van der Waals surface area contributed by atoms with Crippen molar-refractivity contribution < 1.29 is 5.11 Å². The summed E-state index contributed by atoms with van der Waals surface area (Å²) in [4.78, 5) is 0. The van der Waals surface area contributed by atoms with E-state index in [0.717, 1.165) is 6.42 Å². The zero-order chi connectivity index (χ0) is 13.5. The molecule has 0 aromatic rings. The van der Waals surface area contributed by atoms with Gasteiger partial charge in [0.25, 0.3) is 0 Å². The van der Waals surface area contributed by atoms with Gasteiger partial charge >= 0.3 is 0 Å². The molecule has 0 aromatic heterocycles. The van der Waals surface area contributed by atoms with Crippen LogP contribution in [0.2, 0.25) is 0 Å². The minimum atomic E-state index is -0.183. The molecule has 1 N–H and O–H groups in total. The second-order valence-corrected chi connectivity index (χ2v) is 6.37. The van der Waals surface area contributed by atoms with Gasteiger partial charge in [0.2, 0.25) is 0 Å². The summed E-state index contributed by atoms with van der Waals surface area (Å²) in [6.07, 6.45) is 19.0. The van der Waals surface area contributed by atoms with Crippen LogP contribution in [0.4, 0.5) is 0 Å². The molecule has 2 unspecified atom stereocenters. The molecule has 2 atom stereocenters. The maximum Gasteiger partial charge on any atom is 0.0673 e. The van der Waals surface area contributed by atoms with E-state index < -0.39 is 0 Å². The smallest absolute Gasteiger partial charge is 0.0673 e. The highest BCUT2D eigenvalue weighted by molar-refractivity contribution is 7.17. The van der Waals surface area contributed by atoms with Crippen molar-refractivity contribution in [2.24, 2.45) is 0 Å². The lowest BCUT2D eigenvalue weighted by molar-refractivity contribution is 0.246. The highest BCUT2D eigenvalue weighted by Gasteiger charge is 1.96. The predicted molar refractivity (Wildman–Crippen MR) is 86.0 cm³/mol. The van der Waals surface area contributed by atoms with Crippen molar-refractivity contribution in [1.82, 2.24) is 0 Å². The minimum Gasteiger partial charge on any atom is -0.389 e. The molecule has 2 heteroatoms. The van der Waals surface area contributed by atoms with Gasteiger partial charge in [-0.25, -0.2) is 0 Å². The zero-order valence-corrected chi connectivity index (χ0v) is 13.7. The molecule has 110 valence electrons. The van der Waals surface area contributed by atoms with E-state index in [4.69, 9.17) is 5.11 Å². The molecular formula is C16H35OP. The van der Waals surface area contributed by atoms with Gasteiger partial charge in [-0.05, 0) is 6.42 Å². The van der Waals surface area contributed by atoms with E-state index >= 15 is 0 Å². The Kier molecular flexibility index (Phi) is 15.8. The Morgan fingerprint density at radius 3 is 1.33 bits per heavy atom. The topological polar surface area (TPSA) is 20.2 Å². The fourth-order valence-corrected chi connectivity index (χ4v) is 2.61. The van der Waals surface area contributed by atoms with Crippen LogP contribution in [0, 0.1) is 0 Å². The van der Waals surface area contributed by atoms with Gasteiger partial charge in [0.1, 0.15) is 0 Å². The van der Waals surface area contributed by atoms with Crippen molar-refractivity contribution in [3.63, 3.8) is 0 Å². The number of aliphatic hydroxyl groups is 1. The number of hydrogen-bond donors (Lipinski definition) is 1. The van der Waals surface area contributed by atoms with Crippen molar-refractivity contribution in [2.45, 2.75) is 103 Å². The summed E-state index contributed by atoms with van der Waals surface area (Å²) in [6.45, 7) is 2.28. The maximum atomic E-state index is 9.09. The van der Waals surface area contributed by atoms with E-state index in [1.807, 2.05) is 0 Å². The predicted octanol–water partition coefficient (Wildman–Crippen LogP) is 5.66. The fourth-order valence-electron chi connectivity index (χ4n) is 2.37. The summed E-state index contributed by atoms with van der Waals surface area (Å²) in [5.41, 5.74) is 0. The SMILES string of the molecule is CCCCCCCCCCCCCCCC(O)P. The lowest BCUT2D eigenvalue weighted by Gasteiger charge is -2.04. The monoisotopic (exact) mass is 274 g/mol. The summed E-state index contributed by atoms with van der Waals surface area (Å²) in [5, 5.41) is 9.09. The van der Waals surface area contributed by atoms with E-state index in [0.29, 0.717) is 0 Å². The van der Waals surface area contributed by atoms with Crippen LogP contribution in [0.5, 0.6) is 0 Å². The van der Waals surface area contributed by atoms with Crippen LogP contribution >= 0.6 is 9.24 Å². The first-order chi connectivity index (χ1) is 8.77. The van der Waals surface area contributed by atoms with E-state index in [-0.39, 0.29) is 5.85 Å².